The van der Waals surface area contributed by atoms with Gasteiger partial charge in [-0.3, -0.25) is 15.6 Å². The smallest absolute Gasteiger partial charge is 0.269 e. The highest BCUT2D eigenvalue weighted by molar-refractivity contribution is 7.80. The zero-order chi connectivity index (χ0) is 21.3. The van der Waals surface area contributed by atoms with Gasteiger partial charge in [-0.2, -0.15) is 5.26 Å². The monoisotopic (exact) mass is 416 g/mol. The molecule has 0 aliphatic rings. The molecule has 0 aromatic heterocycles. The summed E-state index contributed by atoms with van der Waals surface area (Å²) in [5.74, 6) is 0.335. The van der Waals surface area contributed by atoms with Crippen LogP contribution in [0, 0.1) is 18.3 Å². The van der Waals surface area contributed by atoms with Crippen LogP contribution >= 0.6 is 12.2 Å². The first-order chi connectivity index (χ1) is 14.5. The van der Waals surface area contributed by atoms with Crippen LogP contribution < -0.4 is 20.9 Å². The van der Waals surface area contributed by atoms with E-state index in [9.17, 15) is 4.79 Å². The summed E-state index contributed by atoms with van der Waals surface area (Å²) < 4.78 is 5.71. The number of nitriles is 1. The molecule has 0 radical (unpaired) electrons. The number of rotatable bonds is 5. The molecule has 1 amide bonds. The minimum atomic E-state index is -0.316. The molecule has 0 aliphatic carbocycles. The van der Waals surface area contributed by atoms with Crippen LogP contribution in [0.2, 0.25) is 0 Å². The Morgan fingerprint density at radius 2 is 1.77 bits per heavy atom. The third kappa shape index (κ3) is 6.06. The number of aryl methyl sites for hydroxylation is 1. The Labute approximate surface area is 180 Å². The zero-order valence-corrected chi connectivity index (χ0v) is 17.1. The van der Waals surface area contributed by atoms with E-state index in [4.69, 9.17) is 22.2 Å². The Morgan fingerprint density at radius 1 is 1.03 bits per heavy atom. The van der Waals surface area contributed by atoms with E-state index >= 15 is 0 Å². The Balaban J connectivity index is 1.51. The van der Waals surface area contributed by atoms with Gasteiger partial charge in [-0.25, -0.2) is 0 Å². The number of carbonyl (C=O) groups excluding carboxylic acids is 1. The van der Waals surface area contributed by atoms with Gasteiger partial charge in [0.1, 0.15) is 12.4 Å². The number of nitrogens with one attached hydrogen (secondary N) is 3. The second kappa shape index (κ2) is 10.0. The third-order valence-corrected chi connectivity index (χ3v) is 4.38. The van der Waals surface area contributed by atoms with Crippen molar-refractivity contribution in [2.45, 2.75) is 13.5 Å². The molecular formula is C23H20N4O2S. The van der Waals surface area contributed by atoms with Crippen LogP contribution in [0.3, 0.4) is 0 Å². The SMILES string of the molecule is Cc1ccc(NC(=S)NNC(=O)c2cccc(COc3ccc(C#N)cc3)c2)cc1. The molecule has 7 heteroatoms. The molecule has 0 saturated carbocycles. The largest absolute Gasteiger partial charge is 0.489 e. The van der Waals surface area contributed by atoms with E-state index in [1.807, 2.05) is 37.3 Å². The first kappa shape index (κ1) is 20.8. The van der Waals surface area contributed by atoms with Gasteiger partial charge in [-0.05, 0) is 73.2 Å². The second-order valence-electron chi connectivity index (χ2n) is 6.52. The van der Waals surface area contributed by atoms with E-state index in [-0.39, 0.29) is 11.0 Å². The molecule has 0 saturated heterocycles. The van der Waals surface area contributed by atoms with Crippen molar-refractivity contribution >= 4 is 28.9 Å². The van der Waals surface area contributed by atoms with E-state index in [0.29, 0.717) is 23.5 Å². The van der Waals surface area contributed by atoms with Crippen LogP contribution in [0.1, 0.15) is 27.0 Å². The fourth-order valence-electron chi connectivity index (χ4n) is 2.58. The summed E-state index contributed by atoms with van der Waals surface area (Å²) in [5, 5.41) is 12.1. The number of nitrogens with zero attached hydrogens (tertiary/aromatic N) is 1. The van der Waals surface area contributed by atoms with E-state index < -0.39 is 0 Å². The molecule has 0 bridgehead atoms. The summed E-state index contributed by atoms with van der Waals surface area (Å²) >= 11 is 5.20. The number of hydrazine groups is 1. The average molecular weight is 417 g/mol. The van der Waals surface area contributed by atoms with E-state index in [0.717, 1.165) is 16.8 Å². The molecule has 0 fully saturated rings. The molecule has 3 aromatic rings. The molecule has 150 valence electrons. The Morgan fingerprint density at radius 3 is 2.47 bits per heavy atom. The fourth-order valence-corrected chi connectivity index (χ4v) is 2.75. The molecule has 0 aliphatic heterocycles. The maximum absolute atomic E-state index is 12.4. The number of amides is 1. The van der Waals surface area contributed by atoms with Gasteiger partial charge in [0.15, 0.2) is 5.11 Å². The highest BCUT2D eigenvalue weighted by Gasteiger charge is 2.07. The summed E-state index contributed by atoms with van der Waals surface area (Å²) in [5.41, 5.74) is 9.14. The molecule has 3 aromatic carbocycles. The van der Waals surface area contributed by atoms with Crippen molar-refractivity contribution in [1.82, 2.24) is 10.9 Å². The minimum absolute atomic E-state index is 0.285. The van der Waals surface area contributed by atoms with Crippen LogP contribution in [0.25, 0.3) is 0 Å². The number of thiocarbonyl (C=S) groups is 1. The molecule has 6 nitrogen and oxygen atoms in total. The van der Waals surface area contributed by atoms with Crippen molar-refractivity contribution in [1.29, 1.82) is 5.26 Å². The number of benzene rings is 3. The van der Waals surface area contributed by atoms with Crippen molar-refractivity contribution in [3.8, 4) is 11.8 Å². The Hall–Kier alpha value is -3.89. The molecule has 0 unspecified atom stereocenters. The molecular weight excluding hydrogens is 396 g/mol. The van der Waals surface area contributed by atoms with Crippen LogP contribution in [0.5, 0.6) is 5.75 Å². The van der Waals surface area contributed by atoms with Gasteiger partial charge in [-0.15, -0.1) is 0 Å². The van der Waals surface area contributed by atoms with Crippen molar-refractivity contribution < 1.29 is 9.53 Å². The lowest BCUT2D eigenvalue weighted by Crippen LogP contribution is -2.43. The van der Waals surface area contributed by atoms with Gasteiger partial charge in [0.05, 0.1) is 11.6 Å². The number of carbonyl (C=O) groups is 1. The first-order valence-electron chi connectivity index (χ1n) is 9.19. The molecule has 0 spiro atoms. The summed E-state index contributed by atoms with van der Waals surface area (Å²) in [7, 11) is 0. The van der Waals surface area contributed by atoms with Crippen LogP contribution in [-0.4, -0.2) is 11.0 Å². The quantitative estimate of drug-likeness (QED) is 0.429. The lowest BCUT2D eigenvalue weighted by atomic mass is 10.1. The molecule has 3 N–H and O–H groups in total. The number of anilines is 1. The van der Waals surface area contributed by atoms with Crippen LogP contribution in [0.4, 0.5) is 5.69 Å². The highest BCUT2D eigenvalue weighted by Crippen LogP contribution is 2.14. The summed E-state index contributed by atoms with van der Waals surface area (Å²) in [4.78, 5) is 12.4. The second-order valence-corrected chi connectivity index (χ2v) is 6.93. The van der Waals surface area contributed by atoms with E-state index in [1.54, 1.807) is 42.5 Å². The summed E-state index contributed by atoms with van der Waals surface area (Å²) in [6.45, 7) is 2.30. The maximum Gasteiger partial charge on any atom is 0.269 e. The summed E-state index contributed by atoms with van der Waals surface area (Å²) in [6, 6.07) is 23.8. The van der Waals surface area contributed by atoms with Crippen molar-refractivity contribution in [3.05, 3.63) is 95.1 Å². The molecule has 3 rings (SSSR count). The number of ether oxygens (including phenoxy) is 1. The topological polar surface area (TPSA) is 86.2 Å². The van der Waals surface area contributed by atoms with Gasteiger partial charge in [0.2, 0.25) is 0 Å². The van der Waals surface area contributed by atoms with E-state index in [2.05, 4.69) is 22.2 Å². The standard InChI is InChI=1S/C23H20N4O2S/c1-16-5-9-20(10-6-16)25-23(30)27-26-22(28)19-4-2-3-18(13-19)15-29-21-11-7-17(14-24)8-12-21/h2-13H,15H2,1H3,(H,26,28)(H2,25,27,30). The lowest BCUT2D eigenvalue weighted by Gasteiger charge is -2.12. The minimum Gasteiger partial charge on any atom is -0.489 e. The molecule has 0 atom stereocenters. The van der Waals surface area contributed by atoms with Gasteiger partial charge in [0, 0.05) is 11.3 Å². The van der Waals surface area contributed by atoms with Crippen molar-refractivity contribution in [2.24, 2.45) is 0 Å². The van der Waals surface area contributed by atoms with E-state index in [1.165, 1.54) is 0 Å². The first-order valence-corrected chi connectivity index (χ1v) is 9.60. The van der Waals surface area contributed by atoms with Crippen LogP contribution in [0.15, 0.2) is 72.8 Å². The Kier molecular flexibility index (Phi) is 6.98. The van der Waals surface area contributed by atoms with Gasteiger partial charge in [0.25, 0.3) is 5.91 Å². The predicted molar refractivity (Wildman–Crippen MR) is 120 cm³/mol. The number of hydrogen-bond acceptors (Lipinski definition) is 4. The summed E-state index contributed by atoms with van der Waals surface area (Å²) in [6.07, 6.45) is 0. The number of hydrogen-bond donors (Lipinski definition) is 3. The predicted octanol–water partition coefficient (Wildman–Crippen LogP) is 4.08. The lowest BCUT2D eigenvalue weighted by molar-refractivity contribution is 0.0944. The molecule has 30 heavy (non-hydrogen) atoms. The fraction of sp³-hybridized carbons (Fsp3) is 0.0870. The van der Waals surface area contributed by atoms with Gasteiger partial charge < -0.3 is 10.1 Å². The zero-order valence-electron chi connectivity index (χ0n) is 16.3. The Bertz CT molecular complexity index is 1070. The van der Waals surface area contributed by atoms with Gasteiger partial charge in [-0.1, -0.05) is 29.8 Å². The van der Waals surface area contributed by atoms with Crippen molar-refractivity contribution in [2.75, 3.05) is 5.32 Å². The molecule has 0 heterocycles. The highest BCUT2D eigenvalue weighted by atomic mass is 32.1. The average Bonchev–Trinajstić information content (AvgIpc) is 2.78. The van der Waals surface area contributed by atoms with Gasteiger partial charge >= 0.3 is 0 Å². The third-order valence-electron chi connectivity index (χ3n) is 4.18. The normalized spacial score (nSPS) is 9.87. The maximum atomic E-state index is 12.4. The van der Waals surface area contributed by atoms with Crippen LogP contribution in [-0.2, 0) is 6.61 Å². The van der Waals surface area contributed by atoms with Crippen molar-refractivity contribution in [3.63, 3.8) is 0 Å².